The van der Waals surface area contributed by atoms with Crippen LogP contribution in [0.3, 0.4) is 0 Å². The van der Waals surface area contributed by atoms with Gasteiger partial charge < -0.3 is 14.7 Å². The molecule has 9 heteroatoms. The van der Waals surface area contributed by atoms with E-state index in [0.29, 0.717) is 12.8 Å². The molecule has 2 aliphatic rings. The molecule has 1 saturated carbocycles. The number of hydrogen-bond acceptors (Lipinski definition) is 4. The molecular weight excluding hydrogens is 270 g/mol. The summed E-state index contributed by atoms with van der Waals surface area (Å²) in [5, 5.41) is -1.47. The van der Waals surface area contributed by atoms with Crippen LogP contribution in [0, 0.1) is 5.92 Å². The lowest BCUT2D eigenvalue weighted by Crippen LogP contribution is -2.37. The van der Waals surface area contributed by atoms with Crippen LogP contribution >= 0.6 is 15.4 Å². The first-order chi connectivity index (χ1) is 7.67. The van der Waals surface area contributed by atoms with Gasteiger partial charge in [-0.3, -0.25) is 13.6 Å². The molecule has 1 aliphatic heterocycles. The molecule has 2 rings (SSSR count). The molecule has 17 heavy (non-hydrogen) atoms. The zero-order chi connectivity index (χ0) is 13.1. The van der Waals surface area contributed by atoms with E-state index in [-0.39, 0.29) is 6.42 Å². The number of phosphoric acid groups is 1. The first-order valence-electron chi connectivity index (χ1n) is 5.47. The summed E-state index contributed by atoms with van der Waals surface area (Å²) in [5.74, 6) is -2.08. The average Bonchev–Trinajstić information content (AvgIpc) is 2.66. The second kappa shape index (κ2) is 3.64. The van der Waals surface area contributed by atoms with Gasteiger partial charge in [0.1, 0.15) is 5.16 Å². The van der Waals surface area contributed by atoms with Crippen molar-refractivity contribution in [1.82, 2.24) is 0 Å². The molecule has 0 radical (unpaired) electrons. The third-order valence-corrected chi connectivity index (χ3v) is 6.68. The molecule has 3 N–H and O–H groups in total. The molecule has 7 nitrogen and oxygen atoms in total. The predicted octanol–water partition coefficient (Wildman–Crippen LogP) is 1.59. The van der Waals surface area contributed by atoms with Crippen LogP contribution in [0.1, 0.15) is 33.1 Å². The van der Waals surface area contributed by atoms with Crippen LogP contribution < -0.4 is 0 Å². The van der Waals surface area contributed by atoms with E-state index in [9.17, 15) is 18.9 Å². The highest BCUT2D eigenvalue weighted by Crippen LogP contribution is 2.87. The predicted molar refractivity (Wildman–Crippen MR) is 58.2 cm³/mol. The lowest BCUT2D eigenvalue weighted by molar-refractivity contribution is -0.160. The fourth-order valence-electron chi connectivity index (χ4n) is 3.00. The highest BCUT2D eigenvalue weighted by atomic mass is 31.2. The summed E-state index contributed by atoms with van der Waals surface area (Å²) >= 11 is 0. The molecule has 0 amide bonds. The van der Waals surface area contributed by atoms with Crippen LogP contribution in [0.15, 0.2) is 0 Å². The van der Waals surface area contributed by atoms with Crippen LogP contribution in [-0.4, -0.2) is 25.6 Å². The quantitative estimate of drug-likeness (QED) is 0.672. The molecule has 1 saturated heterocycles. The van der Waals surface area contributed by atoms with Gasteiger partial charge in [-0.2, -0.15) is 0 Å². The van der Waals surface area contributed by atoms with E-state index in [0.717, 1.165) is 0 Å². The summed E-state index contributed by atoms with van der Waals surface area (Å²) in [6, 6.07) is 0. The van der Waals surface area contributed by atoms with Crippen molar-refractivity contribution in [3.05, 3.63) is 0 Å². The number of phosphoric ester groups is 1. The van der Waals surface area contributed by atoms with Gasteiger partial charge in [-0.05, 0) is 12.8 Å². The van der Waals surface area contributed by atoms with Crippen molar-refractivity contribution in [2.75, 3.05) is 0 Å². The zero-order valence-electron chi connectivity index (χ0n) is 9.57. The molecule has 1 spiro atoms. The highest BCUT2D eigenvalue weighted by Gasteiger charge is 2.92. The Morgan fingerprint density at radius 3 is 2.18 bits per heavy atom. The van der Waals surface area contributed by atoms with Gasteiger partial charge in [-0.15, -0.1) is 0 Å². The summed E-state index contributed by atoms with van der Waals surface area (Å²) in [4.78, 5) is 27.9. The largest absolute Gasteiger partial charge is 0.477 e. The van der Waals surface area contributed by atoms with Crippen LogP contribution in [0.5, 0.6) is 0 Å². The first kappa shape index (κ1) is 13.7. The second-order valence-corrected chi connectivity index (χ2v) is 7.67. The maximum Gasteiger partial charge on any atom is 0.477 e. The lowest BCUT2D eigenvalue weighted by atomic mass is 10.2. The molecule has 0 aromatic heterocycles. The Morgan fingerprint density at radius 2 is 1.88 bits per heavy atom. The lowest BCUT2D eigenvalue weighted by Gasteiger charge is -2.35. The summed E-state index contributed by atoms with van der Waals surface area (Å²) in [7, 11) is -8.56. The monoisotopic (exact) mass is 286 g/mol. The molecule has 0 aromatic carbocycles. The van der Waals surface area contributed by atoms with Gasteiger partial charge in [-0.1, -0.05) is 20.3 Å². The van der Waals surface area contributed by atoms with Gasteiger partial charge in [0, 0.05) is 5.92 Å². The molecule has 0 bridgehead atoms. The normalized spacial score (nSPS) is 49.1. The SMILES string of the molecule is CCCC1C2(OP(=O)(O)O2)C1(CC)P(=O)(O)O. The fraction of sp³-hybridized carbons (Fsp3) is 1.00. The first-order valence-corrected chi connectivity index (χ1v) is 8.57. The molecular formula is C8H16O7P2. The molecule has 100 valence electrons. The second-order valence-electron chi connectivity index (χ2n) is 4.48. The van der Waals surface area contributed by atoms with Crippen molar-refractivity contribution in [1.29, 1.82) is 0 Å². The molecule has 2 fully saturated rings. The van der Waals surface area contributed by atoms with E-state index in [1.54, 1.807) is 6.92 Å². The van der Waals surface area contributed by atoms with Crippen LogP contribution in [-0.2, 0) is 18.2 Å². The van der Waals surface area contributed by atoms with Gasteiger partial charge >= 0.3 is 15.4 Å². The maximum atomic E-state index is 11.6. The summed E-state index contributed by atoms with van der Waals surface area (Å²) in [5.41, 5.74) is 0. The van der Waals surface area contributed by atoms with Crippen molar-refractivity contribution >= 4 is 15.4 Å². The minimum absolute atomic E-state index is 0.141. The van der Waals surface area contributed by atoms with Crippen molar-refractivity contribution in [3.63, 3.8) is 0 Å². The zero-order valence-corrected chi connectivity index (χ0v) is 11.4. The Hall–Kier alpha value is 0.260. The Morgan fingerprint density at radius 1 is 1.35 bits per heavy atom. The van der Waals surface area contributed by atoms with E-state index in [1.807, 2.05) is 6.92 Å². The van der Waals surface area contributed by atoms with E-state index in [4.69, 9.17) is 13.9 Å². The standard InChI is InChI=1S/C8H16O7P2/c1-3-5-6-7(4-2,16(9,10)11)8(6)14-17(12,13)15-8/h6H,3-5H2,1-2H3,(H,12,13)(H2,9,10,11). The molecule has 1 aliphatic carbocycles. The van der Waals surface area contributed by atoms with Crippen molar-refractivity contribution in [2.24, 2.45) is 5.92 Å². The van der Waals surface area contributed by atoms with E-state index in [2.05, 4.69) is 0 Å². The maximum absolute atomic E-state index is 11.6. The van der Waals surface area contributed by atoms with Gasteiger partial charge in [0.15, 0.2) is 0 Å². The highest BCUT2D eigenvalue weighted by molar-refractivity contribution is 7.55. The third-order valence-electron chi connectivity index (χ3n) is 3.69. The van der Waals surface area contributed by atoms with E-state index < -0.39 is 32.3 Å². The minimum Gasteiger partial charge on any atom is -0.324 e. The number of rotatable bonds is 4. The summed E-state index contributed by atoms with van der Waals surface area (Å²) < 4.78 is 32.3. The van der Waals surface area contributed by atoms with Gasteiger partial charge in [0.05, 0.1) is 0 Å². The van der Waals surface area contributed by atoms with Gasteiger partial charge in [0.25, 0.3) is 0 Å². The smallest absolute Gasteiger partial charge is 0.324 e. The summed E-state index contributed by atoms with van der Waals surface area (Å²) in [6.45, 7) is 3.48. The Kier molecular flexibility index (Phi) is 2.93. The van der Waals surface area contributed by atoms with Crippen LogP contribution in [0.25, 0.3) is 0 Å². The average molecular weight is 286 g/mol. The molecule has 1 heterocycles. The Labute approximate surface area is 98.9 Å². The van der Waals surface area contributed by atoms with Crippen molar-refractivity contribution < 1.29 is 32.9 Å². The fourth-order valence-corrected chi connectivity index (χ4v) is 6.12. The van der Waals surface area contributed by atoms with Crippen LogP contribution in [0.2, 0.25) is 0 Å². The van der Waals surface area contributed by atoms with Crippen molar-refractivity contribution in [3.8, 4) is 0 Å². The Balaban J connectivity index is 2.34. The number of hydrogen-bond donors (Lipinski definition) is 3. The third kappa shape index (κ3) is 1.55. The molecule has 2 unspecified atom stereocenters. The van der Waals surface area contributed by atoms with Gasteiger partial charge in [0.2, 0.25) is 5.79 Å². The minimum atomic E-state index is -4.47. The van der Waals surface area contributed by atoms with E-state index in [1.165, 1.54) is 0 Å². The summed E-state index contributed by atoms with van der Waals surface area (Å²) in [6.07, 6.45) is 1.32. The molecule has 2 atom stereocenters. The molecule has 0 aromatic rings. The van der Waals surface area contributed by atoms with Crippen LogP contribution in [0.4, 0.5) is 0 Å². The van der Waals surface area contributed by atoms with Crippen molar-refractivity contribution in [2.45, 2.75) is 44.1 Å². The topological polar surface area (TPSA) is 113 Å². The van der Waals surface area contributed by atoms with E-state index >= 15 is 0 Å². The Bertz CT molecular complexity index is 420. The van der Waals surface area contributed by atoms with Gasteiger partial charge in [-0.25, -0.2) is 4.57 Å².